The van der Waals surface area contributed by atoms with Gasteiger partial charge in [0.2, 0.25) is 0 Å². The molecule has 0 unspecified atom stereocenters. The maximum absolute atomic E-state index is 9.00. The molecule has 0 saturated carbocycles. The quantitative estimate of drug-likeness (QED) is 0.202. The fraction of sp³-hybridized carbons (Fsp3) is 0.556. The highest BCUT2D eigenvalue weighted by Gasteiger charge is 1.68. The van der Waals surface area contributed by atoms with E-state index in [1.165, 1.54) is 0 Å². The third-order valence-corrected chi connectivity index (χ3v) is 0.167. The Bertz CT molecular complexity index is 399. The summed E-state index contributed by atoms with van der Waals surface area (Å²) in [4.78, 5) is 72.0. The van der Waals surface area contributed by atoms with E-state index in [1.807, 2.05) is 0 Å². The van der Waals surface area contributed by atoms with Gasteiger partial charge >= 0.3 is 0 Å². The van der Waals surface area contributed by atoms with Crippen LogP contribution in [0.15, 0.2) is 0 Å². The van der Waals surface area contributed by atoms with Crippen LogP contribution in [0.1, 0.15) is 55.4 Å². The predicted octanol–water partition coefficient (Wildman–Crippen LogP) is -0.369. The summed E-state index contributed by atoms with van der Waals surface area (Å²) in [5.41, 5.74) is 9.81. The predicted molar refractivity (Wildman–Crippen MR) is 125 cm³/mol. The lowest BCUT2D eigenvalue weighted by Crippen LogP contribution is -2.11. The summed E-state index contributed by atoms with van der Waals surface area (Å²) >= 11 is 0. The van der Waals surface area contributed by atoms with Crippen LogP contribution >= 0.6 is 0 Å². The van der Waals surface area contributed by atoms with Crippen LogP contribution in [0.25, 0.3) is 0 Å². The molecule has 0 amide bonds. The first-order valence-corrected chi connectivity index (χ1v) is 8.74. The van der Waals surface area contributed by atoms with Crippen LogP contribution in [0.3, 0.4) is 0 Å². The number of aliphatic carboxylic acids is 8. The zero-order valence-corrected chi connectivity index (χ0v) is 21.4. The van der Waals surface area contributed by atoms with E-state index >= 15 is 0 Å². The lowest BCUT2D eigenvalue weighted by molar-refractivity contribution is -0.135. The third-order valence-electron chi connectivity index (χ3n) is 0.167. The molecule has 0 radical (unpaired) electrons. The molecule has 218 valence electrons. The number of carbonyl (C=O) groups is 8. The number of hydrogen-bond donors (Lipinski definition) is 10. The Morgan fingerprint density at radius 1 is 0.333 bits per heavy atom. The minimum atomic E-state index is -0.833. The van der Waals surface area contributed by atoms with Gasteiger partial charge in [-0.15, -0.1) is 0 Å². The first kappa shape index (κ1) is 58.0. The largest absolute Gasteiger partial charge is 0.481 e. The molecule has 0 saturated heterocycles. The van der Waals surface area contributed by atoms with Crippen molar-refractivity contribution >= 4 is 47.8 Å². The van der Waals surface area contributed by atoms with Crippen LogP contribution < -0.4 is 11.5 Å². The molecule has 0 aromatic rings. The van der Waals surface area contributed by atoms with E-state index in [0.29, 0.717) is 13.1 Å². The normalized spacial score (nSPS) is 6.39. The van der Waals surface area contributed by atoms with E-state index in [2.05, 4.69) is 0 Å². The molecular weight excluding hydrogens is 500 g/mol. The lowest BCUT2D eigenvalue weighted by atomic mass is 10.7. The second-order valence-electron chi connectivity index (χ2n) is 4.73. The molecule has 0 fully saturated rings. The van der Waals surface area contributed by atoms with Gasteiger partial charge in [0.1, 0.15) is 0 Å². The molecule has 18 nitrogen and oxygen atoms in total. The topological polar surface area (TPSA) is 350 Å². The van der Waals surface area contributed by atoms with E-state index in [9.17, 15) is 0 Å². The second kappa shape index (κ2) is 57.5. The lowest BCUT2D eigenvalue weighted by Gasteiger charge is -1.72. The van der Waals surface area contributed by atoms with Gasteiger partial charge in [-0.2, -0.15) is 0 Å². The van der Waals surface area contributed by atoms with E-state index < -0.39 is 47.8 Å². The zero-order chi connectivity index (χ0) is 32.0. The Labute approximate surface area is 207 Å². The monoisotopic (exact) mass is 540 g/mol. The number of hydrogen-bond acceptors (Lipinski definition) is 10. The summed E-state index contributed by atoms with van der Waals surface area (Å²) in [7, 11) is 0. The van der Waals surface area contributed by atoms with Crippen molar-refractivity contribution in [3.63, 3.8) is 0 Å². The zero-order valence-electron chi connectivity index (χ0n) is 21.4. The Morgan fingerprint density at radius 2 is 0.361 bits per heavy atom. The third kappa shape index (κ3) is 2210. The van der Waals surface area contributed by atoms with Gasteiger partial charge < -0.3 is 52.3 Å². The summed E-state index contributed by atoms with van der Waals surface area (Å²) in [6.07, 6.45) is 0. The highest BCUT2D eigenvalue weighted by molar-refractivity contribution is 5.64. The maximum Gasteiger partial charge on any atom is 0.300 e. The molecule has 0 aromatic carbocycles. The fourth-order valence-corrected chi connectivity index (χ4v) is 0. The van der Waals surface area contributed by atoms with Crippen molar-refractivity contribution in [2.24, 2.45) is 11.5 Å². The van der Waals surface area contributed by atoms with Crippen LogP contribution in [0.5, 0.6) is 0 Å². The van der Waals surface area contributed by atoms with E-state index in [-0.39, 0.29) is 0 Å². The first-order chi connectivity index (χ1) is 15.8. The van der Waals surface area contributed by atoms with Crippen LogP contribution in [-0.2, 0) is 38.4 Å². The van der Waals surface area contributed by atoms with E-state index in [1.54, 1.807) is 0 Å². The van der Waals surface area contributed by atoms with Crippen molar-refractivity contribution in [3.8, 4) is 0 Å². The van der Waals surface area contributed by atoms with Gasteiger partial charge in [-0.1, -0.05) is 0 Å². The van der Waals surface area contributed by atoms with E-state index in [4.69, 9.17) is 90.7 Å². The molecule has 12 N–H and O–H groups in total. The SMILES string of the molecule is CC(=O)O.CC(=O)O.CC(=O)O.CC(=O)O.CC(=O)O.CC(=O)O.CC(=O)O.CC(=O)O.NCCN. The maximum atomic E-state index is 9.00. The Kier molecular flexibility index (Phi) is 92.6. The van der Waals surface area contributed by atoms with Crippen molar-refractivity contribution < 1.29 is 79.2 Å². The summed E-state index contributed by atoms with van der Waals surface area (Å²) in [6, 6.07) is 0. The van der Waals surface area contributed by atoms with E-state index in [0.717, 1.165) is 55.4 Å². The highest BCUT2D eigenvalue weighted by atomic mass is 16.4. The molecule has 18 heteroatoms. The molecular formula is C18H40N2O16. The van der Waals surface area contributed by atoms with Crippen LogP contribution in [-0.4, -0.2) is 102 Å². The Morgan fingerprint density at radius 3 is 0.361 bits per heavy atom. The highest BCUT2D eigenvalue weighted by Crippen LogP contribution is 1.44. The Balaban J connectivity index is -0.0000000325. The number of carboxylic acids is 8. The summed E-state index contributed by atoms with van der Waals surface area (Å²) < 4.78 is 0. The first-order valence-electron chi connectivity index (χ1n) is 8.74. The average Bonchev–Trinajstić information content (AvgIpc) is 2.50. The Hall–Kier alpha value is -4.32. The molecule has 0 aliphatic rings. The van der Waals surface area contributed by atoms with Gasteiger partial charge in [-0.05, 0) is 0 Å². The number of nitrogens with two attached hydrogens (primary N) is 2. The average molecular weight is 541 g/mol. The van der Waals surface area contributed by atoms with Gasteiger partial charge in [0.25, 0.3) is 47.8 Å². The summed E-state index contributed by atoms with van der Waals surface area (Å²) in [5.74, 6) is -6.67. The molecule has 0 heterocycles. The standard InChI is InChI=1S/C2H8N2.8C2H4O2/c3-1-2-4;8*1-2(3)4/h1-4H2;8*1H3,(H,3,4). The molecule has 0 aromatic heterocycles. The van der Waals surface area contributed by atoms with Crippen molar-refractivity contribution in [1.82, 2.24) is 0 Å². The molecule has 0 spiro atoms. The minimum absolute atomic E-state index is 0.597. The summed E-state index contributed by atoms with van der Waals surface area (Å²) in [5, 5.41) is 59.3. The van der Waals surface area contributed by atoms with Gasteiger partial charge in [0.05, 0.1) is 0 Å². The van der Waals surface area contributed by atoms with Crippen LogP contribution in [0.4, 0.5) is 0 Å². The van der Waals surface area contributed by atoms with Gasteiger partial charge in [-0.3, -0.25) is 38.4 Å². The van der Waals surface area contributed by atoms with Crippen molar-refractivity contribution in [1.29, 1.82) is 0 Å². The van der Waals surface area contributed by atoms with Crippen LogP contribution in [0.2, 0.25) is 0 Å². The molecule has 0 aliphatic carbocycles. The number of carboxylic acid groups (broad SMARTS) is 8. The fourth-order valence-electron chi connectivity index (χ4n) is 0. The van der Waals surface area contributed by atoms with Gasteiger partial charge in [0, 0.05) is 68.5 Å². The second-order valence-corrected chi connectivity index (χ2v) is 4.73. The van der Waals surface area contributed by atoms with Gasteiger partial charge in [0.15, 0.2) is 0 Å². The van der Waals surface area contributed by atoms with Crippen molar-refractivity contribution in [3.05, 3.63) is 0 Å². The molecule has 0 bridgehead atoms. The molecule has 36 heavy (non-hydrogen) atoms. The van der Waals surface area contributed by atoms with Crippen LogP contribution in [0, 0.1) is 0 Å². The molecule has 0 atom stereocenters. The molecule has 0 aliphatic heterocycles. The van der Waals surface area contributed by atoms with Gasteiger partial charge in [-0.25, -0.2) is 0 Å². The smallest absolute Gasteiger partial charge is 0.300 e. The minimum Gasteiger partial charge on any atom is -0.481 e. The number of rotatable bonds is 1. The van der Waals surface area contributed by atoms with Crippen molar-refractivity contribution in [2.45, 2.75) is 55.4 Å². The van der Waals surface area contributed by atoms with Crippen molar-refractivity contribution in [2.75, 3.05) is 13.1 Å². The molecule has 0 rings (SSSR count). The summed E-state index contributed by atoms with van der Waals surface area (Å²) in [6.45, 7) is 9.86.